The molecule has 0 bridgehead atoms. The Morgan fingerprint density at radius 2 is 2.25 bits per heavy atom. The van der Waals surface area contributed by atoms with Crippen molar-refractivity contribution in [2.45, 2.75) is 13.0 Å². The van der Waals surface area contributed by atoms with Gasteiger partial charge < -0.3 is 10.5 Å². The van der Waals surface area contributed by atoms with Gasteiger partial charge in [-0.2, -0.15) is 0 Å². The third-order valence-electron chi connectivity index (χ3n) is 1.58. The molecule has 2 N–H and O–H groups in total. The minimum Gasteiger partial charge on any atom is -0.495 e. The molecule has 0 radical (unpaired) electrons. The second kappa shape index (κ2) is 3.87. The highest BCUT2D eigenvalue weighted by molar-refractivity contribution is 9.10. The summed E-state index contributed by atoms with van der Waals surface area (Å²) in [5.41, 5.74) is 6.70. The molecule has 0 spiro atoms. The fourth-order valence-corrected chi connectivity index (χ4v) is 1.71. The minimum absolute atomic E-state index is 0.0580. The highest BCUT2D eigenvalue weighted by Gasteiger charge is 2.11. The van der Waals surface area contributed by atoms with Crippen molar-refractivity contribution < 1.29 is 4.74 Å². The lowest BCUT2D eigenvalue weighted by Gasteiger charge is -2.12. The van der Waals surface area contributed by atoms with E-state index in [0.29, 0.717) is 0 Å². The monoisotopic (exact) mass is 230 g/mol. The molecule has 0 aliphatic rings. The predicted octanol–water partition coefficient (Wildman–Crippen LogP) is 1.87. The summed E-state index contributed by atoms with van der Waals surface area (Å²) in [7, 11) is 1.61. The van der Waals surface area contributed by atoms with Gasteiger partial charge in [-0.3, -0.25) is 4.98 Å². The van der Waals surface area contributed by atoms with Gasteiger partial charge in [0.05, 0.1) is 13.3 Å². The zero-order valence-electron chi connectivity index (χ0n) is 7.04. The van der Waals surface area contributed by atoms with E-state index in [1.165, 1.54) is 0 Å². The summed E-state index contributed by atoms with van der Waals surface area (Å²) in [6, 6.07) is -0.0580. The number of hydrogen-bond acceptors (Lipinski definition) is 3. The van der Waals surface area contributed by atoms with Crippen LogP contribution in [0, 0.1) is 0 Å². The van der Waals surface area contributed by atoms with Gasteiger partial charge in [0.2, 0.25) is 0 Å². The van der Waals surface area contributed by atoms with Gasteiger partial charge in [-0.05, 0) is 22.9 Å². The van der Waals surface area contributed by atoms with Gasteiger partial charge in [0, 0.05) is 22.3 Å². The molecule has 0 amide bonds. The Hall–Kier alpha value is -0.610. The second-order valence-electron chi connectivity index (χ2n) is 2.53. The number of methoxy groups -OCH3 is 1. The Morgan fingerprint density at radius 3 is 2.67 bits per heavy atom. The maximum atomic E-state index is 5.75. The summed E-state index contributed by atoms with van der Waals surface area (Å²) in [6.07, 6.45) is 3.37. The Bertz CT molecular complexity index is 276. The summed E-state index contributed by atoms with van der Waals surface area (Å²) < 4.78 is 6.00. The van der Waals surface area contributed by atoms with Crippen molar-refractivity contribution in [2.24, 2.45) is 5.73 Å². The number of aromatic nitrogens is 1. The molecule has 3 nitrogen and oxygen atoms in total. The molecule has 66 valence electrons. The summed E-state index contributed by atoms with van der Waals surface area (Å²) in [5, 5.41) is 0. The van der Waals surface area contributed by atoms with E-state index in [1.54, 1.807) is 19.5 Å². The van der Waals surface area contributed by atoms with Crippen LogP contribution >= 0.6 is 15.9 Å². The predicted molar refractivity (Wildman–Crippen MR) is 51.1 cm³/mol. The van der Waals surface area contributed by atoms with Crippen LogP contribution in [0.25, 0.3) is 0 Å². The minimum atomic E-state index is -0.0580. The number of ether oxygens (including phenoxy) is 1. The molecule has 1 rings (SSSR count). The normalized spacial score (nSPS) is 12.7. The van der Waals surface area contributed by atoms with Crippen LogP contribution in [0.3, 0.4) is 0 Å². The summed E-state index contributed by atoms with van der Waals surface area (Å²) >= 11 is 3.37. The van der Waals surface area contributed by atoms with Gasteiger partial charge in [-0.15, -0.1) is 0 Å². The molecule has 0 aliphatic heterocycles. The molecule has 0 saturated heterocycles. The van der Waals surface area contributed by atoms with Crippen molar-refractivity contribution in [1.29, 1.82) is 0 Å². The third-order valence-corrected chi connectivity index (χ3v) is 2.21. The Morgan fingerprint density at radius 1 is 1.58 bits per heavy atom. The lowest BCUT2D eigenvalue weighted by atomic mass is 10.1. The van der Waals surface area contributed by atoms with Crippen LogP contribution in [0.5, 0.6) is 5.75 Å². The van der Waals surface area contributed by atoms with Gasteiger partial charge in [-0.1, -0.05) is 0 Å². The van der Waals surface area contributed by atoms with Crippen molar-refractivity contribution in [2.75, 3.05) is 7.11 Å². The highest BCUT2D eigenvalue weighted by atomic mass is 79.9. The van der Waals surface area contributed by atoms with Crippen LogP contribution in [0.2, 0.25) is 0 Å². The van der Waals surface area contributed by atoms with Crippen LogP contribution in [0.15, 0.2) is 16.9 Å². The molecule has 1 heterocycles. The van der Waals surface area contributed by atoms with Gasteiger partial charge >= 0.3 is 0 Å². The van der Waals surface area contributed by atoms with E-state index in [2.05, 4.69) is 20.9 Å². The zero-order valence-corrected chi connectivity index (χ0v) is 8.63. The molecular weight excluding hydrogens is 220 g/mol. The number of nitrogens with zero attached hydrogens (tertiary/aromatic N) is 1. The molecule has 4 heteroatoms. The maximum absolute atomic E-state index is 5.75. The van der Waals surface area contributed by atoms with Crippen LogP contribution in [0.1, 0.15) is 18.5 Å². The largest absolute Gasteiger partial charge is 0.495 e. The van der Waals surface area contributed by atoms with E-state index < -0.39 is 0 Å². The average molecular weight is 231 g/mol. The molecule has 0 aliphatic carbocycles. The molecule has 12 heavy (non-hydrogen) atoms. The van der Waals surface area contributed by atoms with E-state index >= 15 is 0 Å². The summed E-state index contributed by atoms with van der Waals surface area (Å²) in [4.78, 5) is 3.97. The Balaban J connectivity index is 3.20. The van der Waals surface area contributed by atoms with Crippen LogP contribution in [-0.2, 0) is 0 Å². The number of halogens is 1. The Labute approximate surface area is 80.1 Å². The smallest absolute Gasteiger partial charge is 0.143 e. The van der Waals surface area contributed by atoms with E-state index in [4.69, 9.17) is 10.5 Å². The molecular formula is C8H11BrN2O. The molecule has 0 saturated carbocycles. The fraction of sp³-hybridized carbons (Fsp3) is 0.375. The first kappa shape index (κ1) is 9.48. The molecule has 1 aromatic rings. The van der Waals surface area contributed by atoms with Crippen molar-refractivity contribution in [3.05, 3.63) is 22.4 Å². The Kier molecular flexibility index (Phi) is 3.05. The lowest BCUT2D eigenvalue weighted by molar-refractivity contribution is 0.404. The summed E-state index contributed by atoms with van der Waals surface area (Å²) in [5.74, 6) is 0.722. The van der Waals surface area contributed by atoms with E-state index in [1.807, 2.05) is 6.92 Å². The van der Waals surface area contributed by atoms with Crippen molar-refractivity contribution >= 4 is 15.9 Å². The fourth-order valence-electron chi connectivity index (χ4n) is 1.03. The number of rotatable bonds is 2. The van der Waals surface area contributed by atoms with Crippen LogP contribution in [0.4, 0.5) is 0 Å². The van der Waals surface area contributed by atoms with Crippen LogP contribution < -0.4 is 10.5 Å². The lowest BCUT2D eigenvalue weighted by Crippen LogP contribution is -2.08. The first-order chi connectivity index (χ1) is 5.66. The van der Waals surface area contributed by atoms with Gasteiger partial charge in [-0.25, -0.2) is 0 Å². The standard InChI is InChI=1S/C8H11BrN2O/c1-5(10)8-6(9)3-11-4-7(8)12-2/h3-5H,10H2,1-2H3. The van der Waals surface area contributed by atoms with Crippen molar-refractivity contribution in [1.82, 2.24) is 4.98 Å². The topological polar surface area (TPSA) is 48.1 Å². The van der Waals surface area contributed by atoms with Gasteiger partial charge in [0.25, 0.3) is 0 Å². The molecule has 1 aromatic heterocycles. The number of pyridine rings is 1. The molecule has 1 atom stereocenters. The van der Waals surface area contributed by atoms with E-state index in [0.717, 1.165) is 15.8 Å². The SMILES string of the molecule is COc1cncc(Br)c1C(C)N. The van der Waals surface area contributed by atoms with E-state index in [-0.39, 0.29) is 6.04 Å². The van der Waals surface area contributed by atoms with Gasteiger partial charge in [0.1, 0.15) is 5.75 Å². The maximum Gasteiger partial charge on any atom is 0.143 e. The third kappa shape index (κ3) is 1.76. The number of hydrogen-bond donors (Lipinski definition) is 1. The average Bonchev–Trinajstić information content (AvgIpc) is 2.03. The van der Waals surface area contributed by atoms with Crippen molar-refractivity contribution in [3.63, 3.8) is 0 Å². The zero-order chi connectivity index (χ0) is 9.14. The molecule has 1 unspecified atom stereocenters. The van der Waals surface area contributed by atoms with E-state index in [9.17, 15) is 0 Å². The van der Waals surface area contributed by atoms with Gasteiger partial charge in [0.15, 0.2) is 0 Å². The molecule has 0 fully saturated rings. The quantitative estimate of drug-likeness (QED) is 0.845. The number of nitrogens with two attached hydrogens (primary N) is 1. The first-order valence-corrected chi connectivity index (χ1v) is 4.39. The van der Waals surface area contributed by atoms with Crippen LogP contribution in [-0.4, -0.2) is 12.1 Å². The summed E-state index contributed by atoms with van der Waals surface area (Å²) in [6.45, 7) is 1.91. The first-order valence-electron chi connectivity index (χ1n) is 3.59. The van der Waals surface area contributed by atoms with Crippen molar-refractivity contribution in [3.8, 4) is 5.75 Å². The second-order valence-corrected chi connectivity index (χ2v) is 3.38. The molecule has 0 aromatic carbocycles. The highest BCUT2D eigenvalue weighted by Crippen LogP contribution is 2.29.